The number of urea groups is 1. The van der Waals surface area contributed by atoms with E-state index in [4.69, 9.17) is 11.6 Å². The summed E-state index contributed by atoms with van der Waals surface area (Å²) in [6, 6.07) is 6.51. The van der Waals surface area contributed by atoms with Crippen LogP contribution in [-0.4, -0.2) is 16.8 Å². The van der Waals surface area contributed by atoms with Gasteiger partial charge in [0.05, 0.1) is 0 Å². The molecule has 5 heteroatoms. The van der Waals surface area contributed by atoms with Crippen LogP contribution in [0.1, 0.15) is 38.5 Å². The first-order chi connectivity index (χ1) is 10.1. The molecule has 0 radical (unpaired) electrons. The van der Waals surface area contributed by atoms with E-state index in [0.29, 0.717) is 17.1 Å². The lowest BCUT2D eigenvalue weighted by Crippen LogP contribution is -2.42. The largest absolute Gasteiger partial charge is 0.332 e. The van der Waals surface area contributed by atoms with Gasteiger partial charge in [-0.1, -0.05) is 11.6 Å². The highest BCUT2D eigenvalue weighted by atomic mass is 35.5. The summed E-state index contributed by atoms with van der Waals surface area (Å²) < 4.78 is 0. The molecule has 1 aromatic carbocycles. The van der Waals surface area contributed by atoms with Crippen LogP contribution in [0.2, 0.25) is 5.02 Å². The number of carbonyl (C=O) groups is 2. The van der Waals surface area contributed by atoms with Crippen LogP contribution in [0.4, 0.5) is 10.5 Å². The highest BCUT2D eigenvalue weighted by Crippen LogP contribution is 2.34. The minimum Gasteiger partial charge on any atom is -0.307 e. The minimum absolute atomic E-state index is 0.109. The van der Waals surface area contributed by atoms with E-state index < -0.39 is 0 Å². The number of anilines is 1. The number of imide groups is 1. The molecule has 1 N–H and O–H groups in total. The van der Waals surface area contributed by atoms with E-state index in [1.165, 1.54) is 10.5 Å². The number of amides is 3. The Morgan fingerprint density at radius 1 is 1.05 bits per heavy atom. The van der Waals surface area contributed by atoms with Crippen molar-refractivity contribution in [1.29, 1.82) is 0 Å². The van der Waals surface area contributed by atoms with Crippen molar-refractivity contribution in [3.63, 3.8) is 0 Å². The fraction of sp³-hybridized carbons (Fsp3) is 0.375. The Morgan fingerprint density at radius 3 is 2.52 bits per heavy atom. The van der Waals surface area contributed by atoms with E-state index in [-0.39, 0.29) is 11.9 Å². The Bertz CT molecular complexity index is 607. The van der Waals surface area contributed by atoms with Crippen molar-refractivity contribution in [3.05, 3.63) is 40.6 Å². The number of rotatable bonds is 1. The molecule has 1 heterocycles. The third kappa shape index (κ3) is 2.95. The SMILES string of the molecule is O=C1CCC2=C(CCCC2)N1C(=O)Nc1ccc(Cl)cc1. The van der Waals surface area contributed by atoms with Gasteiger partial charge in [0, 0.05) is 22.8 Å². The van der Waals surface area contributed by atoms with E-state index in [2.05, 4.69) is 5.32 Å². The Kier molecular flexibility index (Phi) is 3.97. The summed E-state index contributed by atoms with van der Waals surface area (Å²) in [6.45, 7) is 0. The van der Waals surface area contributed by atoms with Gasteiger partial charge in [0.25, 0.3) is 0 Å². The van der Waals surface area contributed by atoms with Crippen LogP contribution in [0.5, 0.6) is 0 Å². The van der Waals surface area contributed by atoms with Crippen LogP contribution in [0.3, 0.4) is 0 Å². The average molecular weight is 305 g/mol. The summed E-state index contributed by atoms with van der Waals surface area (Å²) in [5.41, 5.74) is 2.83. The number of nitrogens with zero attached hydrogens (tertiary/aromatic N) is 1. The molecule has 2 aliphatic rings. The molecule has 0 fully saturated rings. The van der Waals surface area contributed by atoms with Crippen molar-refractivity contribution in [2.24, 2.45) is 0 Å². The molecule has 3 amide bonds. The summed E-state index contributed by atoms with van der Waals surface area (Å²) in [5, 5.41) is 3.39. The summed E-state index contributed by atoms with van der Waals surface area (Å²) in [6.07, 6.45) is 5.24. The Labute approximate surface area is 128 Å². The molecule has 0 aromatic heterocycles. The Balaban J connectivity index is 1.81. The number of hydrogen-bond donors (Lipinski definition) is 1. The Hall–Kier alpha value is -1.81. The highest BCUT2D eigenvalue weighted by molar-refractivity contribution is 6.30. The second-order valence-electron chi connectivity index (χ2n) is 5.42. The van der Waals surface area contributed by atoms with Crippen molar-refractivity contribution in [2.75, 3.05) is 5.32 Å². The van der Waals surface area contributed by atoms with Crippen LogP contribution < -0.4 is 5.32 Å². The van der Waals surface area contributed by atoms with Crippen molar-refractivity contribution in [1.82, 2.24) is 4.90 Å². The Morgan fingerprint density at radius 2 is 1.76 bits per heavy atom. The smallest absolute Gasteiger partial charge is 0.307 e. The number of halogens is 1. The summed E-state index contributed by atoms with van der Waals surface area (Å²) in [4.78, 5) is 25.9. The summed E-state index contributed by atoms with van der Waals surface area (Å²) in [7, 11) is 0. The molecule has 3 rings (SSSR count). The molecule has 0 unspecified atom stereocenters. The van der Waals surface area contributed by atoms with Gasteiger partial charge in [-0.25, -0.2) is 9.69 Å². The van der Waals surface area contributed by atoms with Gasteiger partial charge in [0.2, 0.25) is 5.91 Å². The zero-order valence-electron chi connectivity index (χ0n) is 11.7. The molecule has 21 heavy (non-hydrogen) atoms. The molecular formula is C16H17ClN2O2. The zero-order chi connectivity index (χ0) is 14.8. The normalized spacial score (nSPS) is 18.5. The van der Waals surface area contributed by atoms with Crippen LogP contribution in [-0.2, 0) is 4.79 Å². The van der Waals surface area contributed by atoms with Crippen molar-refractivity contribution in [2.45, 2.75) is 38.5 Å². The van der Waals surface area contributed by atoms with Gasteiger partial charge in [-0.15, -0.1) is 0 Å². The molecule has 0 atom stereocenters. The van der Waals surface area contributed by atoms with Gasteiger partial charge < -0.3 is 5.32 Å². The van der Waals surface area contributed by atoms with Gasteiger partial charge in [-0.2, -0.15) is 0 Å². The summed E-state index contributed by atoms with van der Waals surface area (Å²) >= 11 is 5.83. The van der Waals surface area contributed by atoms with E-state index in [1.807, 2.05) is 0 Å². The lowest BCUT2D eigenvalue weighted by Gasteiger charge is -2.33. The molecule has 0 spiro atoms. The maximum Gasteiger partial charge on any atom is 0.332 e. The van der Waals surface area contributed by atoms with E-state index in [0.717, 1.165) is 37.8 Å². The van der Waals surface area contributed by atoms with Crippen LogP contribution in [0.25, 0.3) is 0 Å². The van der Waals surface area contributed by atoms with Gasteiger partial charge in [-0.3, -0.25) is 4.79 Å². The highest BCUT2D eigenvalue weighted by Gasteiger charge is 2.32. The predicted octanol–water partition coefficient (Wildman–Crippen LogP) is 4.32. The van der Waals surface area contributed by atoms with Crippen LogP contribution in [0.15, 0.2) is 35.5 Å². The first-order valence-corrected chi connectivity index (χ1v) is 7.63. The fourth-order valence-corrected chi connectivity index (χ4v) is 3.09. The molecular weight excluding hydrogens is 288 g/mol. The average Bonchev–Trinajstić information content (AvgIpc) is 2.49. The van der Waals surface area contributed by atoms with E-state index in [9.17, 15) is 9.59 Å². The van der Waals surface area contributed by atoms with E-state index >= 15 is 0 Å². The van der Waals surface area contributed by atoms with Crippen LogP contribution in [0, 0.1) is 0 Å². The maximum absolute atomic E-state index is 12.4. The number of carbonyl (C=O) groups excluding carboxylic acids is 2. The van der Waals surface area contributed by atoms with Crippen molar-refractivity contribution in [3.8, 4) is 0 Å². The number of nitrogens with one attached hydrogen (secondary N) is 1. The van der Waals surface area contributed by atoms with Gasteiger partial charge in [0.1, 0.15) is 0 Å². The minimum atomic E-state index is -0.364. The summed E-state index contributed by atoms with van der Waals surface area (Å²) in [5.74, 6) is -0.109. The molecule has 0 bridgehead atoms. The van der Waals surface area contributed by atoms with Gasteiger partial charge in [0.15, 0.2) is 0 Å². The maximum atomic E-state index is 12.4. The number of hydrogen-bond acceptors (Lipinski definition) is 2. The first kappa shape index (κ1) is 14.1. The fourth-order valence-electron chi connectivity index (χ4n) is 2.96. The molecule has 0 saturated carbocycles. The third-order valence-electron chi connectivity index (χ3n) is 4.01. The number of benzene rings is 1. The molecule has 1 aliphatic carbocycles. The lowest BCUT2D eigenvalue weighted by molar-refractivity contribution is -0.127. The number of allylic oxidation sites excluding steroid dienone is 2. The molecule has 4 nitrogen and oxygen atoms in total. The lowest BCUT2D eigenvalue weighted by atomic mass is 9.89. The van der Waals surface area contributed by atoms with E-state index in [1.54, 1.807) is 24.3 Å². The van der Waals surface area contributed by atoms with Crippen LogP contribution >= 0.6 is 11.6 Å². The molecule has 1 aliphatic heterocycles. The second kappa shape index (κ2) is 5.90. The molecule has 0 saturated heterocycles. The second-order valence-corrected chi connectivity index (χ2v) is 5.86. The van der Waals surface area contributed by atoms with Crippen molar-refractivity contribution < 1.29 is 9.59 Å². The topological polar surface area (TPSA) is 49.4 Å². The molecule has 1 aromatic rings. The quantitative estimate of drug-likeness (QED) is 0.840. The first-order valence-electron chi connectivity index (χ1n) is 7.25. The molecule has 110 valence electrons. The standard InChI is InChI=1S/C16H17ClN2O2/c17-12-6-8-13(9-7-12)18-16(21)19-14-4-2-1-3-11(14)5-10-15(19)20/h6-9H,1-5,10H2,(H,18,21). The van der Waals surface area contributed by atoms with Crippen molar-refractivity contribution >= 4 is 29.2 Å². The third-order valence-corrected chi connectivity index (χ3v) is 4.26. The monoisotopic (exact) mass is 304 g/mol. The van der Waals surface area contributed by atoms with Gasteiger partial charge in [-0.05, 0) is 61.9 Å². The zero-order valence-corrected chi connectivity index (χ0v) is 12.4. The predicted molar refractivity (Wildman–Crippen MR) is 82.0 cm³/mol. The van der Waals surface area contributed by atoms with Gasteiger partial charge >= 0.3 is 6.03 Å².